The van der Waals surface area contributed by atoms with Gasteiger partial charge in [0.2, 0.25) is 5.91 Å². The first-order chi connectivity index (χ1) is 11.0. The predicted molar refractivity (Wildman–Crippen MR) is 90.4 cm³/mol. The summed E-state index contributed by atoms with van der Waals surface area (Å²) in [5, 5.41) is 11.6. The molecule has 0 fully saturated rings. The molecule has 1 amide bonds. The highest BCUT2D eigenvalue weighted by Gasteiger charge is 2.19. The van der Waals surface area contributed by atoms with Crippen molar-refractivity contribution in [3.63, 3.8) is 0 Å². The number of carboxylic acids is 1. The zero-order valence-electron chi connectivity index (χ0n) is 13.2. The minimum atomic E-state index is -0.900. The van der Waals surface area contributed by atoms with E-state index in [0.29, 0.717) is 0 Å². The molecule has 0 aliphatic carbocycles. The zero-order valence-corrected chi connectivity index (χ0v) is 14.0. The number of nitrogens with zero attached hydrogens (tertiary/aromatic N) is 2. The number of aromatic nitrogens is 1. The van der Waals surface area contributed by atoms with Gasteiger partial charge in [0, 0.05) is 23.5 Å². The van der Waals surface area contributed by atoms with E-state index in [1.165, 1.54) is 11.3 Å². The number of carboxylic acid groups (broad SMARTS) is 1. The van der Waals surface area contributed by atoms with Crippen LogP contribution in [0.5, 0.6) is 0 Å². The Balaban J connectivity index is 2.04. The van der Waals surface area contributed by atoms with Crippen molar-refractivity contribution in [1.82, 2.24) is 9.88 Å². The Kier molecular flexibility index (Phi) is 5.87. The first kappa shape index (κ1) is 17.1. The lowest BCUT2D eigenvalue weighted by Gasteiger charge is -2.25. The second kappa shape index (κ2) is 7.87. The van der Waals surface area contributed by atoms with Crippen LogP contribution in [0.2, 0.25) is 0 Å². The standard InChI is InChI=1S/C17H20N2O3S/c1-12(2)19(9-8-16(21)22)15(20)10-14-11-23-17(18-14)13-6-4-3-5-7-13/h3-7,11-12H,8-10H2,1-2H3,(H,21,22). The molecule has 1 N–H and O–H groups in total. The van der Waals surface area contributed by atoms with Crippen molar-refractivity contribution in [3.8, 4) is 10.6 Å². The Hall–Kier alpha value is -2.21. The maximum Gasteiger partial charge on any atom is 0.305 e. The van der Waals surface area contributed by atoms with Gasteiger partial charge in [-0.1, -0.05) is 30.3 Å². The number of rotatable bonds is 7. The Morgan fingerprint density at radius 3 is 2.57 bits per heavy atom. The highest BCUT2D eigenvalue weighted by Crippen LogP contribution is 2.23. The van der Waals surface area contributed by atoms with E-state index < -0.39 is 5.97 Å². The van der Waals surface area contributed by atoms with Crippen LogP contribution in [0.25, 0.3) is 10.6 Å². The minimum absolute atomic E-state index is 0.0333. The molecule has 122 valence electrons. The minimum Gasteiger partial charge on any atom is -0.481 e. The van der Waals surface area contributed by atoms with Gasteiger partial charge in [0.25, 0.3) is 0 Å². The molecule has 1 aromatic heterocycles. The topological polar surface area (TPSA) is 70.5 Å². The SMILES string of the molecule is CC(C)N(CCC(=O)O)C(=O)Cc1csc(-c2ccccc2)n1. The highest BCUT2D eigenvalue weighted by atomic mass is 32.1. The van der Waals surface area contributed by atoms with Crippen LogP contribution in [0.1, 0.15) is 26.0 Å². The Bertz CT molecular complexity index is 667. The Morgan fingerprint density at radius 1 is 1.26 bits per heavy atom. The number of hydrogen-bond acceptors (Lipinski definition) is 4. The molecule has 0 spiro atoms. The Labute approximate surface area is 139 Å². The average Bonchev–Trinajstić information content (AvgIpc) is 2.96. The van der Waals surface area contributed by atoms with Crippen molar-refractivity contribution in [2.24, 2.45) is 0 Å². The number of thiazole rings is 1. The van der Waals surface area contributed by atoms with Crippen molar-refractivity contribution in [3.05, 3.63) is 41.4 Å². The monoisotopic (exact) mass is 332 g/mol. The van der Waals surface area contributed by atoms with E-state index in [0.717, 1.165) is 16.3 Å². The summed E-state index contributed by atoms with van der Waals surface area (Å²) >= 11 is 1.51. The Morgan fingerprint density at radius 2 is 1.96 bits per heavy atom. The summed E-state index contributed by atoms with van der Waals surface area (Å²) in [5.41, 5.74) is 1.75. The van der Waals surface area contributed by atoms with Gasteiger partial charge in [0.05, 0.1) is 18.5 Å². The van der Waals surface area contributed by atoms with Crippen LogP contribution >= 0.6 is 11.3 Å². The predicted octanol–water partition coefficient (Wildman–Crippen LogP) is 3.06. The van der Waals surface area contributed by atoms with Gasteiger partial charge in [-0.05, 0) is 13.8 Å². The van der Waals surface area contributed by atoms with E-state index in [2.05, 4.69) is 4.98 Å². The molecule has 0 aliphatic rings. The highest BCUT2D eigenvalue weighted by molar-refractivity contribution is 7.13. The fourth-order valence-electron chi connectivity index (χ4n) is 2.24. The van der Waals surface area contributed by atoms with Crippen LogP contribution in [0.15, 0.2) is 35.7 Å². The van der Waals surface area contributed by atoms with Crippen molar-refractivity contribution in [2.45, 2.75) is 32.7 Å². The number of benzene rings is 1. The van der Waals surface area contributed by atoms with Gasteiger partial charge < -0.3 is 10.0 Å². The fraction of sp³-hybridized carbons (Fsp3) is 0.353. The van der Waals surface area contributed by atoms with Gasteiger partial charge >= 0.3 is 5.97 Å². The summed E-state index contributed by atoms with van der Waals surface area (Å²) in [6.45, 7) is 3.99. The first-order valence-corrected chi connectivity index (χ1v) is 8.36. The maximum atomic E-state index is 12.4. The third-order valence-corrected chi connectivity index (χ3v) is 4.36. The molecular weight excluding hydrogens is 312 g/mol. The summed E-state index contributed by atoms with van der Waals surface area (Å²) in [6, 6.07) is 9.79. The van der Waals surface area contributed by atoms with E-state index in [1.807, 2.05) is 49.6 Å². The number of carbonyl (C=O) groups excluding carboxylic acids is 1. The van der Waals surface area contributed by atoms with E-state index >= 15 is 0 Å². The molecule has 2 aromatic rings. The van der Waals surface area contributed by atoms with Crippen molar-refractivity contribution in [2.75, 3.05) is 6.54 Å². The lowest BCUT2D eigenvalue weighted by molar-refractivity contribution is -0.139. The van der Waals surface area contributed by atoms with E-state index in [9.17, 15) is 9.59 Å². The maximum absolute atomic E-state index is 12.4. The summed E-state index contributed by atoms with van der Waals surface area (Å²) in [5.74, 6) is -0.991. The lowest BCUT2D eigenvalue weighted by Crippen LogP contribution is -2.39. The molecule has 1 heterocycles. The lowest BCUT2D eigenvalue weighted by atomic mass is 10.2. The van der Waals surface area contributed by atoms with Crippen molar-refractivity contribution < 1.29 is 14.7 Å². The molecule has 0 aliphatic heterocycles. The van der Waals surface area contributed by atoms with Crippen molar-refractivity contribution in [1.29, 1.82) is 0 Å². The second-order valence-electron chi connectivity index (χ2n) is 5.51. The molecule has 2 rings (SSSR count). The number of hydrogen-bond donors (Lipinski definition) is 1. The van der Waals surface area contributed by atoms with E-state index in [4.69, 9.17) is 5.11 Å². The van der Waals surface area contributed by atoms with Crippen LogP contribution in [0.3, 0.4) is 0 Å². The third kappa shape index (κ3) is 4.89. The van der Waals surface area contributed by atoms with Crippen LogP contribution in [-0.2, 0) is 16.0 Å². The molecule has 0 saturated heterocycles. The molecule has 0 atom stereocenters. The molecule has 0 bridgehead atoms. The summed E-state index contributed by atoms with van der Waals surface area (Å²) in [4.78, 5) is 29.2. The van der Waals surface area contributed by atoms with Gasteiger partial charge in [0.15, 0.2) is 0 Å². The largest absolute Gasteiger partial charge is 0.481 e. The zero-order chi connectivity index (χ0) is 16.8. The van der Waals surface area contributed by atoms with Gasteiger partial charge in [-0.25, -0.2) is 4.98 Å². The van der Waals surface area contributed by atoms with Gasteiger partial charge in [-0.2, -0.15) is 0 Å². The van der Waals surface area contributed by atoms with Crippen LogP contribution < -0.4 is 0 Å². The smallest absolute Gasteiger partial charge is 0.305 e. The van der Waals surface area contributed by atoms with Gasteiger partial charge in [0.1, 0.15) is 5.01 Å². The van der Waals surface area contributed by atoms with Gasteiger partial charge in [-0.3, -0.25) is 9.59 Å². The number of amides is 1. The summed E-state index contributed by atoms with van der Waals surface area (Å²) in [7, 11) is 0. The molecule has 5 nitrogen and oxygen atoms in total. The summed E-state index contributed by atoms with van der Waals surface area (Å²) < 4.78 is 0. The average molecular weight is 332 g/mol. The van der Waals surface area contributed by atoms with E-state index in [-0.39, 0.29) is 31.3 Å². The molecular formula is C17H20N2O3S. The molecule has 23 heavy (non-hydrogen) atoms. The molecule has 0 saturated carbocycles. The van der Waals surface area contributed by atoms with Crippen LogP contribution in [-0.4, -0.2) is 39.5 Å². The van der Waals surface area contributed by atoms with Crippen molar-refractivity contribution >= 4 is 23.2 Å². The molecule has 0 radical (unpaired) electrons. The molecule has 6 heteroatoms. The van der Waals surface area contributed by atoms with Crippen LogP contribution in [0, 0.1) is 0 Å². The number of aliphatic carboxylic acids is 1. The quantitative estimate of drug-likeness (QED) is 0.846. The molecule has 1 aromatic carbocycles. The number of carbonyl (C=O) groups is 2. The summed E-state index contributed by atoms with van der Waals surface area (Å²) in [6.07, 6.45) is 0.150. The van der Waals surface area contributed by atoms with Gasteiger partial charge in [-0.15, -0.1) is 11.3 Å². The normalized spacial score (nSPS) is 10.7. The van der Waals surface area contributed by atoms with Crippen LogP contribution in [0.4, 0.5) is 0 Å². The fourth-order valence-corrected chi connectivity index (χ4v) is 3.07. The first-order valence-electron chi connectivity index (χ1n) is 7.48. The second-order valence-corrected chi connectivity index (χ2v) is 6.37. The molecule has 0 unspecified atom stereocenters. The third-order valence-electron chi connectivity index (χ3n) is 3.42. The van der Waals surface area contributed by atoms with E-state index in [1.54, 1.807) is 4.90 Å².